The molecule has 6 heteroatoms. The molecule has 0 fully saturated rings. The van der Waals surface area contributed by atoms with Crippen molar-refractivity contribution in [3.05, 3.63) is 16.7 Å². The summed E-state index contributed by atoms with van der Waals surface area (Å²) < 4.78 is 5.49. The van der Waals surface area contributed by atoms with Crippen LogP contribution < -0.4 is 9.64 Å². The summed E-state index contributed by atoms with van der Waals surface area (Å²) in [4.78, 5) is 13.8. The van der Waals surface area contributed by atoms with Crippen LogP contribution in [0, 0.1) is 0 Å². The van der Waals surface area contributed by atoms with Crippen LogP contribution in [0.4, 0.5) is 5.69 Å². The van der Waals surface area contributed by atoms with E-state index in [1.807, 2.05) is 11.9 Å². The summed E-state index contributed by atoms with van der Waals surface area (Å²) in [7, 11) is 1.89. The number of ether oxygens (including phenoxy) is 1. The molecule has 0 unspecified atom stereocenters. The summed E-state index contributed by atoms with van der Waals surface area (Å²) in [5, 5.41) is 9.74. The highest BCUT2D eigenvalue weighted by molar-refractivity contribution is 7.98. The van der Waals surface area contributed by atoms with Gasteiger partial charge >= 0.3 is 5.97 Å². The molecular formula is C11H12ClNO3S. The number of aromatic carboxylic acids is 1. The summed E-state index contributed by atoms with van der Waals surface area (Å²) >= 11 is 7.42. The van der Waals surface area contributed by atoms with Gasteiger partial charge in [0.2, 0.25) is 0 Å². The maximum atomic E-state index is 11.3. The fraction of sp³-hybridized carbons (Fsp3) is 0.364. The Morgan fingerprint density at radius 1 is 1.65 bits per heavy atom. The van der Waals surface area contributed by atoms with Crippen molar-refractivity contribution in [3.63, 3.8) is 0 Å². The molecule has 0 atom stereocenters. The maximum absolute atomic E-state index is 11.3. The average Bonchev–Trinajstić information content (AvgIpc) is 2.28. The number of likely N-dealkylation sites (N-methyl/N-ethyl adjacent to an activating group) is 1. The molecule has 1 N–H and O–H groups in total. The molecule has 4 nitrogen and oxygen atoms in total. The number of benzene rings is 1. The van der Waals surface area contributed by atoms with Gasteiger partial charge in [0, 0.05) is 11.9 Å². The zero-order chi connectivity index (χ0) is 12.6. The molecule has 0 aromatic heterocycles. The van der Waals surface area contributed by atoms with Gasteiger partial charge in [-0.3, -0.25) is 0 Å². The van der Waals surface area contributed by atoms with Gasteiger partial charge in [0.25, 0.3) is 0 Å². The zero-order valence-electron chi connectivity index (χ0n) is 9.49. The SMILES string of the molecule is CSc1c(Cl)cc2c(c1C(=O)O)OCCN2C. The second-order valence-electron chi connectivity index (χ2n) is 3.69. The summed E-state index contributed by atoms with van der Waals surface area (Å²) in [5.74, 6) is -0.594. The number of hydrogen-bond donors (Lipinski definition) is 1. The molecule has 2 rings (SSSR count). The van der Waals surface area contributed by atoms with Crippen molar-refractivity contribution in [2.24, 2.45) is 0 Å². The third-order valence-electron chi connectivity index (χ3n) is 2.67. The fourth-order valence-corrected chi connectivity index (χ4v) is 2.90. The van der Waals surface area contributed by atoms with E-state index in [-0.39, 0.29) is 5.56 Å². The number of thioether (sulfide) groups is 1. The second kappa shape index (κ2) is 4.66. The van der Waals surface area contributed by atoms with Gasteiger partial charge in [-0.15, -0.1) is 11.8 Å². The van der Waals surface area contributed by atoms with Crippen LogP contribution in [0.25, 0.3) is 0 Å². The van der Waals surface area contributed by atoms with Gasteiger partial charge in [-0.1, -0.05) is 11.6 Å². The monoisotopic (exact) mass is 273 g/mol. The van der Waals surface area contributed by atoms with E-state index in [1.165, 1.54) is 11.8 Å². The van der Waals surface area contributed by atoms with Gasteiger partial charge in [0.05, 0.1) is 17.3 Å². The van der Waals surface area contributed by atoms with Gasteiger partial charge in [0.1, 0.15) is 12.2 Å². The van der Waals surface area contributed by atoms with Crippen molar-refractivity contribution in [1.29, 1.82) is 0 Å². The first-order chi connectivity index (χ1) is 8.06. The average molecular weight is 274 g/mol. The van der Waals surface area contributed by atoms with Crippen molar-refractivity contribution in [2.45, 2.75) is 4.90 Å². The van der Waals surface area contributed by atoms with E-state index < -0.39 is 5.97 Å². The number of halogens is 1. The molecule has 1 aromatic rings. The van der Waals surface area contributed by atoms with E-state index in [4.69, 9.17) is 16.3 Å². The molecule has 0 radical (unpaired) electrons. The van der Waals surface area contributed by atoms with Crippen LogP contribution in [-0.2, 0) is 0 Å². The van der Waals surface area contributed by atoms with Crippen molar-refractivity contribution >= 4 is 35.0 Å². The van der Waals surface area contributed by atoms with Crippen molar-refractivity contribution in [1.82, 2.24) is 0 Å². The van der Waals surface area contributed by atoms with Gasteiger partial charge in [-0.2, -0.15) is 0 Å². The molecule has 0 bridgehead atoms. The van der Waals surface area contributed by atoms with E-state index in [1.54, 1.807) is 12.3 Å². The van der Waals surface area contributed by atoms with Crippen molar-refractivity contribution < 1.29 is 14.6 Å². The minimum Gasteiger partial charge on any atom is -0.489 e. The molecule has 1 aliphatic rings. The Bertz CT molecular complexity index is 478. The number of carboxylic acids is 1. The third kappa shape index (κ3) is 2.05. The van der Waals surface area contributed by atoms with E-state index in [9.17, 15) is 9.90 Å². The topological polar surface area (TPSA) is 49.8 Å². The number of hydrogen-bond acceptors (Lipinski definition) is 4. The number of fused-ring (bicyclic) bond motifs is 1. The van der Waals surface area contributed by atoms with Crippen LogP contribution in [0.1, 0.15) is 10.4 Å². The molecule has 0 saturated heterocycles. The molecule has 1 aliphatic heterocycles. The van der Waals surface area contributed by atoms with Gasteiger partial charge < -0.3 is 14.7 Å². The quantitative estimate of drug-likeness (QED) is 0.840. The van der Waals surface area contributed by atoms with Gasteiger partial charge in [-0.25, -0.2) is 4.79 Å². The largest absolute Gasteiger partial charge is 0.489 e. The lowest BCUT2D eigenvalue weighted by Crippen LogP contribution is -2.30. The highest BCUT2D eigenvalue weighted by atomic mass is 35.5. The summed E-state index contributed by atoms with van der Waals surface area (Å²) in [5.41, 5.74) is 0.892. The van der Waals surface area contributed by atoms with E-state index in [2.05, 4.69) is 0 Å². The predicted octanol–water partition coefficient (Wildman–Crippen LogP) is 2.59. The normalized spacial score (nSPS) is 14.2. The van der Waals surface area contributed by atoms with Crippen LogP contribution in [-0.4, -0.2) is 37.5 Å². The lowest BCUT2D eigenvalue weighted by molar-refractivity contribution is 0.0688. The van der Waals surface area contributed by atoms with Crippen molar-refractivity contribution in [2.75, 3.05) is 31.4 Å². The van der Waals surface area contributed by atoms with Crippen LogP contribution >= 0.6 is 23.4 Å². The maximum Gasteiger partial charge on any atom is 0.340 e. The number of carbonyl (C=O) groups is 1. The highest BCUT2D eigenvalue weighted by Gasteiger charge is 2.27. The fourth-order valence-electron chi connectivity index (χ4n) is 1.83. The summed E-state index contributed by atoms with van der Waals surface area (Å²) in [6, 6.07) is 1.76. The smallest absolute Gasteiger partial charge is 0.340 e. The Morgan fingerprint density at radius 2 is 2.35 bits per heavy atom. The van der Waals surface area contributed by atoms with Crippen LogP contribution in [0.2, 0.25) is 5.02 Å². The van der Waals surface area contributed by atoms with Crippen LogP contribution in [0.15, 0.2) is 11.0 Å². The van der Waals surface area contributed by atoms with E-state index in [0.717, 1.165) is 12.2 Å². The Kier molecular flexibility index (Phi) is 3.40. The van der Waals surface area contributed by atoms with Crippen LogP contribution in [0.3, 0.4) is 0 Å². The lowest BCUT2D eigenvalue weighted by Gasteiger charge is -2.29. The molecule has 92 valence electrons. The van der Waals surface area contributed by atoms with Crippen LogP contribution in [0.5, 0.6) is 5.75 Å². The summed E-state index contributed by atoms with van der Waals surface area (Å²) in [6.07, 6.45) is 1.80. The Balaban J connectivity index is 2.72. The Hall–Kier alpha value is -1.07. The zero-order valence-corrected chi connectivity index (χ0v) is 11.1. The Labute approximate surface area is 109 Å². The van der Waals surface area contributed by atoms with Crippen molar-refractivity contribution in [3.8, 4) is 5.75 Å². The lowest BCUT2D eigenvalue weighted by atomic mass is 10.1. The van der Waals surface area contributed by atoms with E-state index >= 15 is 0 Å². The number of anilines is 1. The predicted molar refractivity (Wildman–Crippen MR) is 69.0 cm³/mol. The molecule has 0 saturated carbocycles. The first-order valence-corrected chi connectivity index (χ1v) is 6.64. The molecule has 0 spiro atoms. The third-order valence-corrected chi connectivity index (χ3v) is 3.91. The Morgan fingerprint density at radius 3 is 2.94 bits per heavy atom. The number of rotatable bonds is 2. The van der Waals surface area contributed by atoms with Gasteiger partial charge in [-0.05, 0) is 12.3 Å². The first-order valence-electron chi connectivity index (χ1n) is 5.04. The molecular weight excluding hydrogens is 262 g/mol. The molecule has 17 heavy (non-hydrogen) atoms. The molecule has 1 aromatic carbocycles. The first kappa shape index (κ1) is 12.4. The number of nitrogens with zero attached hydrogens (tertiary/aromatic N) is 1. The van der Waals surface area contributed by atoms with Gasteiger partial charge in [0.15, 0.2) is 5.75 Å². The highest BCUT2D eigenvalue weighted by Crippen LogP contribution is 2.43. The molecule has 0 amide bonds. The summed E-state index contributed by atoms with van der Waals surface area (Å²) in [6.45, 7) is 1.21. The standard InChI is InChI=1S/C11H12ClNO3S/c1-13-3-4-16-9-7(13)5-6(12)10(17-2)8(9)11(14)15/h5H,3-4H2,1-2H3,(H,14,15). The minimum absolute atomic E-state index is 0.159. The minimum atomic E-state index is -1.01. The molecule has 0 aliphatic carbocycles. The number of carboxylic acid groups (broad SMARTS) is 1. The second-order valence-corrected chi connectivity index (χ2v) is 4.91. The van der Waals surface area contributed by atoms with E-state index in [0.29, 0.717) is 22.3 Å². The molecule has 1 heterocycles.